The van der Waals surface area contributed by atoms with Gasteiger partial charge in [-0.1, -0.05) is 17.7 Å². The number of aliphatic imine (C=N–C) groups is 1. The van der Waals surface area contributed by atoms with E-state index in [1.54, 1.807) is 35.3 Å². The van der Waals surface area contributed by atoms with Crippen molar-refractivity contribution in [2.45, 2.75) is 24.9 Å². The van der Waals surface area contributed by atoms with Crippen molar-refractivity contribution in [1.82, 2.24) is 24.5 Å². The van der Waals surface area contributed by atoms with Crippen molar-refractivity contribution >= 4 is 39.4 Å². The number of hydrogen-bond donors (Lipinski definition) is 2. The number of imidazole rings is 1. The van der Waals surface area contributed by atoms with Crippen molar-refractivity contribution in [2.24, 2.45) is 10.7 Å². The maximum Gasteiger partial charge on any atom is 0.165 e. The molecule has 0 amide bonds. The standard InChI is InChI=1S/C28H26ClF2N9O/c1-41-17-9-18(30)24(19(31)10-17)20-8-16(12-40-15-37-25-26(33)35-14-36-27(25)40)21(11-34-20)39-7-3-6-28(13-39)22(32)4-2-5-23(29)38-28/h2,4-5,8-11,14-15H,3,6-7,12-13,32H2,1H3,(H2,33,35,36)/t28-/m1/s1. The van der Waals surface area contributed by atoms with Crippen LogP contribution in [0.1, 0.15) is 18.4 Å². The summed E-state index contributed by atoms with van der Waals surface area (Å²) in [4.78, 5) is 24.1. The summed E-state index contributed by atoms with van der Waals surface area (Å²) in [7, 11) is 1.35. The van der Waals surface area contributed by atoms with Gasteiger partial charge < -0.3 is 25.7 Å². The molecule has 4 N–H and O–H groups in total. The topological polar surface area (TPSA) is 133 Å². The average molecular weight is 578 g/mol. The minimum Gasteiger partial charge on any atom is -0.497 e. The number of ether oxygens (including phenoxy) is 1. The van der Waals surface area contributed by atoms with Crippen LogP contribution in [-0.4, -0.2) is 55.4 Å². The number of fused-ring (bicyclic) bond motifs is 1. The predicted molar refractivity (Wildman–Crippen MR) is 154 cm³/mol. The third-order valence-electron chi connectivity index (χ3n) is 7.42. The molecule has 41 heavy (non-hydrogen) atoms. The molecule has 2 aliphatic heterocycles. The maximum atomic E-state index is 15.1. The van der Waals surface area contributed by atoms with Crippen LogP contribution in [0.25, 0.3) is 22.4 Å². The number of nitrogen functional groups attached to an aromatic ring is 1. The second-order valence-corrected chi connectivity index (χ2v) is 10.3. The van der Waals surface area contributed by atoms with Gasteiger partial charge in [0.25, 0.3) is 0 Å². The van der Waals surface area contributed by atoms with Crippen molar-refractivity contribution < 1.29 is 13.5 Å². The molecule has 0 aliphatic carbocycles. The Hall–Kier alpha value is -4.58. The number of nitrogens with zero attached hydrogens (tertiary/aromatic N) is 7. The number of anilines is 2. The van der Waals surface area contributed by atoms with Crippen LogP contribution in [0.3, 0.4) is 0 Å². The third-order valence-corrected chi connectivity index (χ3v) is 7.63. The Morgan fingerprint density at radius 2 is 1.90 bits per heavy atom. The summed E-state index contributed by atoms with van der Waals surface area (Å²) in [6.07, 6.45) is 11.4. The molecule has 2 aliphatic rings. The number of pyridine rings is 1. The molecular formula is C28H26ClF2N9O. The molecule has 4 aromatic rings. The van der Waals surface area contributed by atoms with Gasteiger partial charge in [-0.25, -0.2) is 23.7 Å². The molecule has 1 spiro atoms. The Morgan fingerprint density at radius 1 is 1.10 bits per heavy atom. The van der Waals surface area contributed by atoms with E-state index in [2.05, 4.69) is 24.8 Å². The smallest absolute Gasteiger partial charge is 0.165 e. The number of aromatic nitrogens is 5. The molecular weight excluding hydrogens is 552 g/mol. The van der Waals surface area contributed by atoms with Gasteiger partial charge in [0, 0.05) is 30.9 Å². The fraction of sp³-hybridized carbons (Fsp3) is 0.250. The molecule has 1 saturated heterocycles. The van der Waals surface area contributed by atoms with E-state index in [4.69, 9.17) is 32.8 Å². The number of nitrogens with two attached hydrogens (primary N) is 2. The summed E-state index contributed by atoms with van der Waals surface area (Å²) in [6, 6.07) is 3.93. The fourth-order valence-corrected chi connectivity index (χ4v) is 5.64. The van der Waals surface area contributed by atoms with Gasteiger partial charge in [-0.2, -0.15) is 0 Å². The highest BCUT2D eigenvalue weighted by Gasteiger charge is 2.39. The van der Waals surface area contributed by atoms with Crippen LogP contribution < -0.4 is 21.1 Å². The van der Waals surface area contributed by atoms with Crippen LogP contribution in [0.2, 0.25) is 0 Å². The molecule has 0 radical (unpaired) electrons. The molecule has 1 aromatic carbocycles. The molecule has 1 atom stereocenters. The Labute approximate surface area is 239 Å². The first-order valence-electron chi connectivity index (χ1n) is 12.9. The minimum absolute atomic E-state index is 0.0733. The number of hydrogen-bond acceptors (Lipinski definition) is 9. The molecule has 3 aromatic heterocycles. The van der Waals surface area contributed by atoms with Crippen molar-refractivity contribution in [1.29, 1.82) is 0 Å². The number of benzene rings is 1. The molecule has 0 saturated carbocycles. The molecule has 6 rings (SSSR count). The first-order valence-corrected chi connectivity index (χ1v) is 13.2. The molecule has 10 nitrogen and oxygen atoms in total. The SMILES string of the molecule is COc1cc(F)c(-c2cc(Cn3cnc4c(N)ncnc43)c(N3CCC[C@]4(C3)N=C(Cl)C=CC=C4N)cn2)c(F)c1. The summed E-state index contributed by atoms with van der Waals surface area (Å²) >= 11 is 6.37. The molecule has 13 heteroatoms. The van der Waals surface area contributed by atoms with E-state index in [9.17, 15) is 0 Å². The summed E-state index contributed by atoms with van der Waals surface area (Å²) in [5, 5.41) is 0.366. The van der Waals surface area contributed by atoms with E-state index >= 15 is 8.78 Å². The number of halogens is 3. The lowest BCUT2D eigenvalue weighted by Gasteiger charge is -2.42. The summed E-state index contributed by atoms with van der Waals surface area (Å²) in [5.41, 5.74) is 14.7. The van der Waals surface area contributed by atoms with Crippen LogP contribution in [0.15, 0.2) is 66.0 Å². The monoisotopic (exact) mass is 577 g/mol. The predicted octanol–water partition coefficient (Wildman–Crippen LogP) is 4.19. The minimum atomic E-state index is -0.786. The molecule has 0 bridgehead atoms. The number of piperidine rings is 1. The second kappa shape index (κ2) is 10.4. The van der Waals surface area contributed by atoms with Crippen LogP contribution >= 0.6 is 11.6 Å². The van der Waals surface area contributed by atoms with E-state index in [0.717, 1.165) is 36.2 Å². The van der Waals surface area contributed by atoms with Crippen molar-refractivity contribution in [2.75, 3.05) is 30.8 Å². The first-order chi connectivity index (χ1) is 19.8. The van der Waals surface area contributed by atoms with E-state index in [-0.39, 0.29) is 29.4 Å². The van der Waals surface area contributed by atoms with Crippen molar-refractivity contribution in [3.05, 3.63) is 78.2 Å². The Bertz CT molecular complexity index is 1730. The fourth-order valence-electron chi connectivity index (χ4n) is 5.41. The van der Waals surface area contributed by atoms with Crippen LogP contribution in [0, 0.1) is 11.6 Å². The van der Waals surface area contributed by atoms with Crippen LogP contribution in [0.4, 0.5) is 20.3 Å². The van der Waals surface area contributed by atoms with Gasteiger partial charge >= 0.3 is 0 Å². The highest BCUT2D eigenvalue weighted by atomic mass is 35.5. The van der Waals surface area contributed by atoms with Gasteiger partial charge in [-0.05, 0) is 36.6 Å². The van der Waals surface area contributed by atoms with Gasteiger partial charge in [-0.15, -0.1) is 0 Å². The third kappa shape index (κ3) is 4.84. The average Bonchev–Trinajstić information content (AvgIpc) is 3.31. The lowest BCUT2D eigenvalue weighted by molar-refractivity contribution is 0.396. The van der Waals surface area contributed by atoms with E-state index < -0.39 is 17.2 Å². The molecule has 210 valence electrons. The quantitative estimate of drug-likeness (QED) is 0.361. The van der Waals surface area contributed by atoms with E-state index in [1.807, 2.05) is 6.08 Å². The Balaban J connectivity index is 1.47. The summed E-state index contributed by atoms with van der Waals surface area (Å²) < 4.78 is 37.0. The zero-order chi connectivity index (χ0) is 28.7. The summed E-state index contributed by atoms with van der Waals surface area (Å²) in [6.45, 7) is 1.39. The van der Waals surface area contributed by atoms with Gasteiger partial charge in [0.1, 0.15) is 39.9 Å². The van der Waals surface area contributed by atoms with E-state index in [0.29, 0.717) is 35.1 Å². The van der Waals surface area contributed by atoms with Crippen molar-refractivity contribution in [3.8, 4) is 17.0 Å². The van der Waals surface area contributed by atoms with Crippen molar-refractivity contribution in [3.63, 3.8) is 0 Å². The molecule has 1 fully saturated rings. The Morgan fingerprint density at radius 3 is 2.68 bits per heavy atom. The zero-order valence-electron chi connectivity index (χ0n) is 22.1. The van der Waals surface area contributed by atoms with Crippen LogP contribution in [0.5, 0.6) is 5.75 Å². The highest BCUT2D eigenvalue weighted by molar-refractivity contribution is 6.68. The normalized spacial score (nSPS) is 18.9. The van der Waals surface area contributed by atoms with Crippen LogP contribution in [-0.2, 0) is 6.54 Å². The zero-order valence-corrected chi connectivity index (χ0v) is 22.8. The lowest BCUT2D eigenvalue weighted by atomic mass is 9.86. The second-order valence-electron chi connectivity index (χ2n) is 9.94. The Kier molecular flexibility index (Phi) is 6.78. The van der Waals surface area contributed by atoms with Gasteiger partial charge in [-0.3, -0.25) is 9.98 Å². The van der Waals surface area contributed by atoms with Gasteiger partial charge in [0.05, 0.1) is 43.1 Å². The van der Waals surface area contributed by atoms with Gasteiger partial charge in [0.15, 0.2) is 11.5 Å². The molecule has 5 heterocycles. The first kappa shape index (κ1) is 26.6. The number of allylic oxidation sites excluding steroid dienone is 3. The van der Waals surface area contributed by atoms with E-state index in [1.165, 1.54) is 13.4 Å². The summed E-state index contributed by atoms with van der Waals surface area (Å²) in [5.74, 6) is -1.24. The lowest BCUT2D eigenvalue weighted by Crippen LogP contribution is -2.50. The number of rotatable bonds is 5. The molecule has 0 unspecified atom stereocenters. The highest BCUT2D eigenvalue weighted by Crippen LogP contribution is 2.37. The van der Waals surface area contributed by atoms with Gasteiger partial charge in [0.2, 0.25) is 0 Å². The largest absolute Gasteiger partial charge is 0.497 e. The maximum absolute atomic E-state index is 15.1. The number of methoxy groups -OCH3 is 1.